The molecule has 0 aliphatic carbocycles. The standard InChI is InChI=1S/C16H19ClN4O2S2/c1-25-16(24)19-18-14-12-3-2-11(17)10-13(12)21(15(14)22)5-4-20-6-8-23-9-7-20/h2-3,10,22H,4-9H2,1H3. The van der Waals surface area contributed by atoms with E-state index < -0.39 is 0 Å². The largest absolute Gasteiger partial charge is 0.493 e. The Morgan fingerprint density at radius 1 is 1.36 bits per heavy atom. The minimum absolute atomic E-state index is 0.0816. The summed E-state index contributed by atoms with van der Waals surface area (Å²) in [6.07, 6.45) is 1.84. The first-order valence-electron chi connectivity index (χ1n) is 7.90. The molecule has 1 N–H and O–H groups in total. The molecule has 1 fully saturated rings. The third kappa shape index (κ3) is 4.32. The van der Waals surface area contributed by atoms with Crippen LogP contribution in [0.3, 0.4) is 0 Å². The Hall–Kier alpha value is -1.19. The number of nitrogens with zero attached hydrogens (tertiary/aromatic N) is 4. The highest BCUT2D eigenvalue weighted by atomic mass is 35.5. The summed E-state index contributed by atoms with van der Waals surface area (Å²) < 4.78 is 7.62. The Morgan fingerprint density at radius 3 is 2.84 bits per heavy atom. The summed E-state index contributed by atoms with van der Waals surface area (Å²) in [7, 11) is 0. The van der Waals surface area contributed by atoms with Crippen LogP contribution in [0.25, 0.3) is 10.9 Å². The Balaban J connectivity index is 1.93. The second-order valence-corrected chi connectivity index (χ2v) is 7.49. The van der Waals surface area contributed by atoms with Gasteiger partial charge in [0.2, 0.25) is 5.88 Å². The van der Waals surface area contributed by atoms with Crippen LogP contribution in [0, 0.1) is 0 Å². The van der Waals surface area contributed by atoms with Gasteiger partial charge in [-0.3, -0.25) is 4.90 Å². The van der Waals surface area contributed by atoms with E-state index in [1.807, 2.05) is 23.0 Å². The smallest absolute Gasteiger partial charge is 0.220 e. The molecular weight excluding hydrogens is 380 g/mol. The van der Waals surface area contributed by atoms with Gasteiger partial charge in [0.1, 0.15) is 0 Å². The second-order valence-electron chi connectivity index (χ2n) is 5.61. The van der Waals surface area contributed by atoms with Gasteiger partial charge in [-0.2, -0.15) is 0 Å². The molecule has 1 aliphatic rings. The van der Waals surface area contributed by atoms with Crippen LogP contribution in [0.4, 0.5) is 5.69 Å². The van der Waals surface area contributed by atoms with Crippen LogP contribution < -0.4 is 0 Å². The number of halogens is 1. The van der Waals surface area contributed by atoms with Crippen LogP contribution >= 0.6 is 35.6 Å². The molecular formula is C16H19ClN4O2S2. The zero-order valence-corrected chi connectivity index (χ0v) is 16.2. The van der Waals surface area contributed by atoms with Crippen molar-refractivity contribution in [3.8, 4) is 5.88 Å². The molecule has 1 aromatic carbocycles. The van der Waals surface area contributed by atoms with Gasteiger partial charge in [-0.1, -0.05) is 23.4 Å². The minimum Gasteiger partial charge on any atom is -0.493 e. The van der Waals surface area contributed by atoms with Gasteiger partial charge in [0.05, 0.1) is 18.7 Å². The number of rotatable bonds is 4. The number of hydrogen-bond donors (Lipinski definition) is 1. The lowest BCUT2D eigenvalue weighted by Gasteiger charge is -2.26. The summed E-state index contributed by atoms with van der Waals surface area (Å²) in [6, 6.07) is 5.46. The molecule has 0 bridgehead atoms. The van der Waals surface area contributed by atoms with Gasteiger partial charge in [0, 0.05) is 36.6 Å². The van der Waals surface area contributed by atoms with Gasteiger partial charge >= 0.3 is 0 Å². The SMILES string of the molecule is CSC(=S)N=Nc1c(O)n(CCN2CCOCC2)c2cc(Cl)ccc12. The number of ether oxygens (including phenoxy) is 1. The number of hydrogen-bond acceptors (Lipinski definition) is 6. The molecule has 0 atom stereocenters. The van der Waals surface area contributed by atoms with Crippen molar-refractivity contribution in [2.24, 2.45) is 10.2 Å². The first kappa shape index (κ1) is 18.6. The molecule has 9 heteroatoms. The number of fused-ring (bicyclic) bond motifs is 1. The average molecular weight is 399 g/mol. The maximum Gasteiger partial charge on any atom is 0.220 e. The molecule has 25 heavy (non-hydrogen) atoms. The first-order valence-corrected chi connectivity index (χ1v) is 9.91. The Bertz CT molecular complexity index is 803. The van der Waals surface area contributed by atoms with Crippen molar-refractivity contribution < 1.29 is 9.84 Å². The fourth-order valence-electron chi connectivity index (χ4n) is 2.81. The molecule has 1 aliphatic heterocycles. The zero-order chi connectivity index (χ0) is 17.8. The quantitative estimate of drug-likeness (QED) is 0.621. The molecule has 0 saturated carbocycles. The molecule has 3 rings (SSSR count). The van der Waals surface area contributed by atoms with Gasteiger partial charge in [0.25, 0.3) is 0 Å². The number of benzene rings is 1. The van der Waals surface area contributed by atoms with Crippen molar-refractivity contribution in [1.82, 2.24) is 9.47 Å². The molecule has 6 nitrogen and oxygen atoms in total. The highest BCUT2D eigenvalue weighted by Crippen LogP contribution is 2.40. The van der Waals surface area contributed by atoms with E-state index >= 15 is 0 Å². The number of thiocarbonyl (C=S) groups is 1. The number of azo groups is 1. The normalized spacial score (nSPS) is 16.1. The van der Waals surface area contributed by atoms with E-state index in [0.29, 0.717) is 21.6 Å². The monoisotopic (exact) mass is 398 g/mol. The van der Waals surface area contributed by atoms with Crippen LogP contribution in [0.15, 0.2) is 28.4 Å². The molecule has 2 aromatic rings. The van der Waals surface area contributed by atoms with Crippen molar-refractivity contribution in [3.05, 3.63) is 23.2 Å². The van der Waals surface area contributed by atoms with Crippen molar-refractivity contribution in [3.63, 3.8) is 0 Å². The molecule has 0 spiro atoms. The fraction of sp³-hybridized carbons (Fsp3) is 0.438. The van der Waals surface area contributed by atoms with Crippen molar-refractivity contribution in [2.45, 2.75) is 6.54 Å². The summed E-state index contributed by atoms with van der Waals surface area (Å²) in [5.74, 6) is 0.0816. The van der Waals surface area contributed by atoms with E-state index in [-0.39, 0.29) is 5.88 Å². The predicted octanol–water partition coefficient (Wildman–Crippen LogP) is 4.06. The number of morpholine rings is 1. The lowest BCUT2D eigenvalue weighted by molar-refractivity contribution is 0.0363. The molecule has 134 valence electrons. The van der Waals surface area contributed by atoms with Crippen LogP contribution in [0.2, 0.25) is 5.02 Å². The van der Waals surface area contributed by atoms with Crippen LogP contribution in [-0.2, 0) is 11.3 Å². The predicted molar refractivity (Wildman–Crippen MR) is 107 cm³/mol. The van der Waals surface area contributed by atoms with Crippen molar-refractivity contribution >= 4 is 56.5 Å². The maximum atomic E-state index is 10.7. The summed E-state index contributed by atoms with van der Waals surface area (Å²) in [4.78, 5) is 2.31. The van der Waals surface area contributed by atoms with E-state index in [4.69, 9.17) is 28.6 Å². The third-order valence-electron chi connectivity index (χ3n) is 4.12. The molecule has 1 saturated heterocycles. The zero-order valence-electron chi connectivity index (χ0n) is 13.8. The lowest BCUT2D eigenvalue weighted by atomic mass is 10.2. The molecule has 0 radical (unpaired) electrons. The molecule has 1 aromatic heterocycles. The maximum absolute atomic E-state index is 10.7. The average Bonchev–Trinajstić information content (AvgIpc) is 2.89. The van der Waals surface area contributed by atoms with Gasteiger partial charge in [0.15, 0.2) is 10.0 Å². The van der Waals surface area contributed by atoms with E-state index in [9.17, 15) is 5.11 Å². The van der Waals surface area contributed by atoms with E-state index in [0.717, 1.165) is 43.8 Å². The molecule has 0 amide bonds. The minimum atomic E-state index is 0.0816. The Kier molecular flexibility index (Phi) is 6.29. The lowest BCUT2D eigenvalue weighted by Crippen LogP contribution is -2.38. The molecule has 2 heterocycles. The third-order valence-corrected chi connectivity index (χ3v) is 5.37. The van der Waals surface area contributed by atoms with E-state index in [1.165, 1.54) is 11.8 Å². The second kappa shape index (κ2) is 8.46. The molecule has 0 unspecified atom stereocenters. The Labute approximate surface area is 160 Å². The van der Waals surface area contributed by atoms with Crippen LogP contribution in [0.1, 0.15) is 0 Å². The van der Waals surface area contributed by atoms with Crippen LogP contribution in [0.5, 0.6) is 5.88 Å². The van der Waals surface area contributed by atoms with Crippen molar-refractivity contribution in [1.29, 1.82) is 0 Å². The number of aromatic hydroxyl groups is 1. The van der Waals surface area contributed by atoms with E-state index in [2.05, 4.69) is 15.1 Å². The summed E-state index contributed by atoms with van der Waals surface area (Å²) >= 11 is 12.5. The summed E-state index contributed by atoms with van der Waals surface area (Å²) in [5.41, 5.74) is 1.26. The Morgan fingerprint density at radius 2 is 2.12 bits per heavy atom. The van der Waals surface area contributed by atoms with Gasteiger partial charge in [-0.05, 0) is 36.7 Å². The number of thioether (sulfide) groups is 1. The fourth-order valence-corrected chi connectivity index (χ4v) is 3.14. The van der Waals surface area contributed by atoms with Crippen molar-refractivity contribution in [2.75, 3.05) is 39.1 Å². The summed E-state index contributed by atoms with van der Waals surface area (Å²) in [5, 5.41) is 20.3. The topological polar surface area (TPSA) is 62.4 Å². The highest BCUT2D eigenvalue weighted by Gasteiger charge is 2.18. The van der Waals surface area contributed by atoms with Crippen LogP contribution in [-0.4, -0.2) is 58.0 Å². The first-order chi connectivity index (χ1) is 12.1. The number of aromatic nitrogens is 1. The van der Waals surface area contributed by atoms with E-state index in [1.54, 1.807) is 6.07 Å². The van der Waals surface area contributed by atoms with Gasteiger partial charge < -0.3 is 14.4 Å². The van der Waals surface area contributed by atoms with Gasteiger partial charge in [-0.25, -0.2) is 0 Å². The van der Waals surface area contributed by atoms with Gasteiger partial charge in [-0.15, -0.1) is 10.2 Å². The summed E-state index contributed by atoms with van der Waals surface area (Å²) in [6.45, 7) is 4.73. The highest BCUT2D eigenvalue weighted by molar-refractivity contribution is 8.22.